The number of amidine groups is 1. The molecule has 0 amide bonds. The molecule has 0 bridgehead atoms. The van der Waals surface area contributed by atoms with Crippen molar-refractivity contribution in [3.63, 3.8) is 0 Å². The van der Waals surface area contributed by atoms with E-state index < -0.39 is 0 Å². The fourth-order valence-corrected chi connectivity index (χ4v) is 1.57. The van der Waals surface area contributed by atoms with E-state index in [4.69, 9.17) is 15.7 Å². The van der Waals surface area contributed by atoms with Crippen LogP contribution in [-0.4, -0.2) is 17.6 Å². The van der Waals surface area contributed by atoms with Crippen LogP contribution in [0, 0.1) is 0 Å². The first-order chi connectivity index (χ1) is 7.69. The maximum atomic E-state index is 8.67. The first-order valence-electron chi connectivity index (χ1n) is 5.09. The summed E-state index contributed by atoms with van der Waals surface area (Å²) in [5.74, 6) is 0.680. The lowest BCUT2D eigenvalue weighted by Gasteiger charge is -2.10. The summed E-state index contributed by atoms with van der Waals surface area (Å²) in [6.45, 7) is 2.72. The van der Waals surface area contributed by atoms with Gasteiger partial charge >= 0.3 is 0 Å². The van der Waals surface area contributed by atoms with Crippen molar-refractivity contribution in [3.8, 4) is 5.75 Å². The van der Waals surface area contributed by atoms with Crippen LogP contribution in [0.25, 0.3) is 0 Å². The van der Waals surface area contributed by atoms with Crippen LogP contribution in [-0.2, 0) is 0 Å². The number of oxime groups is 1. The molecule has 0 saturated carbocycles. The predicted molar refractivity (Wildman–Crippen MR) is 67.1 cm³/mol. The molecule has 0 radical (unpaired) electrons. The van der Waals surface area contributed by atoms with E-state index in [-0.39, 0.29) is 5.84 Å². The highest BCUT2D eigenvalue weighted by molar-refractivity contribution is 9.10. The number of hydrogen-bond donors (Lipinski definition) is 2. The van der Waals surface area contributed by atoms with Crippen LogP contribution in [0.1, 0.15) is 25.3 Å². The van der Waals surface area contributed by atoms with Gasteiger partial charge in [0.05, 0.1) is 12.2 Å². The zero-order valence-corrected chi connectivity index (χ0v) is 10.7. The van der Waals surface area contributed by atoms with Crippen molar-refractivity contribution in [3.05, 3.63) is 28.2 Å². The lowest BCUT2D eigenvalue weighted by molar-refractivity contribution is 0.306. The van der Waals surface area contributed by atoms with Gasteiger partial charge in [-0.3, -0.25) is 0 Å². The Hall–Kier alpha value is -1.23. The number of unbranched alkanes of at least 4 members (excludes halogenated alkanes) is 1. The summed E-state index contributed by atoms with van der Waals surface area (Å²) in [6, 6.07) is 5.42. The van der Waals surface area contributed by atoms with Crippen LogP contribution in [0.15, 0.2) is 27.8 Å². The third-order valence-electron chi connectivity index (χ3n) is 2.08. The molecule has 88 valence electrons. The van der Waals surface area contributed by atoms with Gasteiger partial charge in [-0.1, -0.05) is 34.4 Å². The minimum absolute atomic E-state index is 0.0489. The van der Waals surface area contributed by atoms with E-state index in [1.165, 1.54) is 0 Å². The first kappa shape index (κ1) is 12.8. The van der Waals surface area contributed by atoms with Crippen LogP contribution >= 0.6 is 15.9 Å². The minimum Gasteiger partial charge on any atom is -0.493 e. The molecule has 0 aliphatic heterocycles. The Balaban J connectivity index is 2.89. The Morgan fingerprint density at radius 1 is 1.56 bits per heavy atom. The largest absolute Gasteiger partial charge is 0.493 e. The molecule has 1 aromatic rings. The standard InChI is InChI=1S/C11H15BrN2O2/c1-2-3-6-16-10-5-4-8(12)7-9(10)11(13)14-15/h4-5,7,15H,2-3,6H2,1H3,(H2,13,14). The van der Waals surface area contributed by atoms with Crippen molar-refractivity contribution in [2.45, 2.75) is 19.8 Å². The maximum absolute atomic E-state index is 8.67. The second-order valence-corrected chi connectivity index (χ2v) is 4.24. The average molecular weight is 287 g/mol. The Labute approximate surface area is 103 Å². The fraction of sp³-hybridized carbons (Fsp3) is 0.364. The molecule has 4 nitrogen and oxygen atoms in total. The zero-order valence-electron chi connectivity index (χ0n) is 9.11. The molecule has 0 saturated heterocycles. The number of halogens is 1. The molecular formula is C11H15BrN2O2. The van der Waals surface area contributed by atoms with Crippen LogP contribution in [0.4, 0.5) is 0 Å². The van der Waals surface area contributed by atoms with Gasteiger partial charge in [-0.05, 0) is 24.6 Å². The minimum atomic E-state index is 0.0489. The quantitative estimate of drug-likeness (QED) is 0.288. The van der Waals surface area contributed by atoms with Gasteiger partial charge in [0, 0.05) is 4.47 Å². The van der Waals surface area contributed by atoms with Gasteiger partial charge in [0.2, 0.25) is 0 Å². The molecular weight excluding hydrogens is 272 g/mol. The summed E-state index contributed by atoms with van der Waals surface area (Å²) in [5, 5.41) is 11.6. The zero-order chi connectivity index (χ0) is 12.0. The van der Waals surface area contributed by atoms with E-state index in [0.29, 0.717) is 17.9 Å². The van der Waals surface area contributed by atoms with E-state index in [0.717, 1.165) is 17.3 Å². The van der Waals surface area contributed by atoms with Gasteiger partial charge < -0.3 is 15.7 Å². The Morgan fingerprint density at radius 2 is 2.31 bits per heavy atom. The van der Waals surface area contributed by atoms with Crippen LogP contribution in [0.5, 0.6) is 5.75 Å². The number of rotatable bonds is 5. The van der Waals surface area contributed by atoms with Crippen molar-refractivity contribution in [1.29, 1.82) is 0 Å². The number of nitrogens with two attached hydrogens (primary N) is 1. The number of hydrogen-bond acceptors (Lipinski definition) is 3. The summed E-state index contributed by atoms with van der Waals surface area (Å²) in [7, 11) is 0. The summed E-state index contributed by atoms with van der Waals surface area (Å²) in [6.07, 6.45) is 2.04. The molecule has 1 rings (SSSR count). The van der Waals surface area contributed by atoms with Gasteiger partial charge in [-0.25, -0.2) is 0 Å². The molecule has 3 N–H and O–H groups in total. The summed E-state index contributed by atoms with van der Waals surface area (Å²) in [4.78, 5) is 0. The Morgan fingerprint density at radius 3 is 2.94 bits per heavy atom. The number of ether oxygens (including phenoxy) is 1. The molecule has 0 aromatic heterocycles. The Bertz CT molecular complexity index is 380. The highest BCUT2D eigenvalue weighted by Crippen LogP contribution is 2.23. The molecule has 0 atom stereocenters. The van der Waals surface area contributed by atoms with Crippen molar-refractivity contribution in [2.75, 3.05) is 6.61 Å². The average Bonchev–Trinajstić information content (AvgIpc) is 2.30. The topological polar surface area (TPSA) is 67.8 Å². The van der Waals surface area contributed by atoms with E-state index in [2.05, 4.69) is 28.0 Å². The molecule has 0 unspecified atom stereocenters. The molecule has 0 spiro atoms. The molecule has 16 heavy (non-hydrogen) atoms. The van der Waals surface area contributed by atoms with E-state index >= 15 is 0 Å². The van der Waals surface area contributed by atoms with Crippen LogP contribution < -0.4 is 10.5 Å². The molecule has 0 aliphatic carbocycles. The third-order valence-corrected chi connectivity index (χ3v) is 2.57. The predicted octanol–water partition coefficient (Wildman–Crippen LogP) is 2.72. The second-order valence-electron chi connectivity index (χ2n) is 3.33. The SMILES string of the molecule is CCCCOc1ccc(Br)cc1/C(N)=N/O. The van der Waals surface area contributed by atoms with E-state index in [1.807, 2.05) is 6.07 Å². The first-order valence-corrected chi connectivity index (χ1v) is 5.88. The van der Waals surface area contributed by atoms with Gasteiger partial charge in [-0.15, -0.1) is 0 Å². The molecule has 5 heteroatoms. The van der Waals surface area contributed by atoms with Crippen molar-refractivity contribution in [1.82, 2.24) is 0 Å². The van der Waals surface area contributed by atoms with Crippen molar-refractivity contribution < 1.29 is 9.94 Å². The normalized spacial score (nSPS) is 11.5. The summed E-state index contributed by atoms with van der Waals surface area (Å²) < 4.78 is 6.42. The lowest BCUT2D eigenvalue weighted by atomic mass is 10.2. The number of nitrogens with zero attached hydrogens (tertiary/aromatic N) is 1. The van der Waals surface area contributed by atoms with Crippen molar-refractivity contribution in [2.24, 2.45) is 10.9 Å². The van der Waals surface area contributed by atoms with Gasteiger partial charge in [0.15, 0.2) is 5.84 Å². The monoisotopic (exact) mass is 286 g/mol. The highest BCUT2D eigenvalue weighted by atomic mass is 79.9. The number of benzene rings is 1. The van der Waals surface area contributed by atoms with Gasteiger partial charge in [-0.2, -0.15) is 0 Å². The van der Waals surface area contributed by atoms with Crippen LogP contribution in [0.3, 0.4) is 0 Å². The smallest absolute Gasteiger partial charge is 0.173 e. The van der Waals surface area contributed by atoms with E-state index in [9.17, 15) is 0 Å². The summed E-state index contributed by atoms with van der Waals surface area (Å²) in [5.41, 5.74) is 6.16. The second kappa shape index (κ2) is 6.37. The molecule has 0 aliphatic rings. The van der Waals surface area contributed by atoms with E-state index in [1.54, 1.807) is 12.1 Å². The Kier molecular flexibility index (Phi) is 5.11. The van der Waals surface area contributed by atoms with Gasteiger partial charge in [0.25, 0.3) is 0 Å². The van der Waals surface area contributed by atoms with Crippen LogP contribution in [0.2, 0.25) is 0 Å². The molecule has 0 heterocycles. The highest BCUT2D eigenvalue weighted by Gasteiger charge is 2.08. The van der Waals surface area contributed by atoms with Gasteiger partial charge in [0.1, 0.15) is 5.75 Å². The molecule has 0 fully saturated rings. The maximum Gasteiger partial charge on any atom is 0.173 e. The lowest BCUT2D eigenvalue weighted by Crippen LogP contribution is -2.15. The van der Waals surface area contributed by atoms with Crippen molar-refractivity contribution >= 4 is 21.8 Å². The fourth-order valence-electron chi connectivity index (χ4n) is 1.21. The molecule has 1 aromatic carbocycles. The summed E-state index contributed by atoms with van der Waals surface area (Å²) >= 11 is 3.33. The third kappa shape index (κ3) is 3.41.